The smallest absolute Gasteiger partial charge is 0.377 e. The summed E-state index contributed by atoms with van der Waals surface area (Å²) in [6, 6.07) is 6.91. The lowest BCUT2D eigenvalue weighted by molar-refractivity contribution is -0.137. The van der Waals surface area contributed by atoms with E-state index in [4.69, 9.17) is 4.74 Å². The third-order valence-corrected chi connectivity index (χ3v) is 4.36. The highest BCUT2D eigenvalue weighted by Gasteiger charge is 2.32. The number of aromatic amines is 1. The maximum Gasteiger partial charge on any atom is 0.416 e. The number of H-pyrrole nitrogens is 1. The number of halogens is 3. The molecule has 0 bridgehead atoms. The van der Waals surface area contributed by atoms with Crippen molar-refractivity contribution in [3.8, 4) is 0 Å². The number of nitrogens with zero attached hydrogens (tertiary/aromatic N) is 3. The number of fused-ring (bicyclic) bond motifs is 1. The van der Waals surface area contributed by atoms with Gasteiger partial charge < -0.3 is 14.6 Å². The van der Waals surface area contributed by atoms with E-state index < -0.39 is 11.7 Å². The zero-order chi connectivity index (χ0) is 17.4. The summed E-state index contributed by atoms with van der Waals surface area (Å²) in [5, 5.41) is 0.876. The predicted octanol–water partition coefficient (Wildman–Crippen LogP) is 3.55. The van der Waals surface area contributed by atoms with Gasteiger partial charge in [-0.1, -0.05) is 12.1 Å². The van der Waals surface area contributed by atoms with Crippen LogP contribution in [0.5, 0.6) is 0 Å². The van der Waals surface area contributed by atoms with E-state index in [1.807, 2.05) is 6.07 Å². The summed E-state index contributed by atoms with van der Waals surface area (Å²) in [6.07, 6.45) is -1.07. The molecule has 2 aromatic heterocycles. The van der Waals surface area contributed by atoms with Gasteiger partial charge in [0.05, 0.1) is 30.2 Å². The minimum absolute atomic E-state index is 0.205. The van der Waals surface area contributed by atoms with E-state index in [0.29, 0.717) is 19.8 Å². The molecular weight excluding hydrogens is 333 g/mol. The van der Waals surface area contributed by atoms with Crippen LogP contribution in [0.1, 0.15) is 17.2 Å². The predicted molar refractivity (Wildman–Crippen MR) is 86.2 cm³/mol. The Hall–Kier alpha value is -2.61. The lowest BCUT2D eigenvalue weighted by Crippen LogP contribution is -2.40. The van der Waals surface area contributed by atoms with Crippen LogP contribution in [0.4, 0.5) is 19.0 Å². The minimum atomic E-state index is -4.34. The summed E-state index contributed by atoms with van der Waals surface area (Å²) in [4.78, 5) is 13.7. The van der Waals surface area contributed by atoms with Gasteiger partial charge in [-0.15, -0.1) is 0 Å². The first-order chi connectivity index (χ1) is 12.0. The van der Waals surface area contributed by atoms with Crippen LogP contribution in [0, 0.1) is 0 Å². The molecule has 25 heavy (non-hydrogen) atoms. The van der Waals surface area contributed by atoms with Crippen LogP contribution in [0.3, 0.4) is 0 Å². The fourth-order valence-electron chi connectivity index (χ4n) is 3.12. The van der Waals surface area contributed by atoms with E-state index in [-0.39, 0.29) is 6.04 Å². The van der Waals surface area contributed by atoms with Crippen molar-refractivity contribution in [3.63, 3.8) is 0 Å². The Labute approximate surface area is 141 Å². The molecule has 0 aliphatic carbocycles. The van der Waals surface area contributed by atoms with Gasteiger partial charge in [-0.05, 0) is 23.8 Å². The van der Waals surface area contributed by atoms with Crippen molar-refractivity contribution >= 4 is 16.9 Å². The highest BCUT2D eigenvalue weighted by Crippen LogP contribution is 2.34. The van der Waals surface area contributed by atoms with E-state index in [2.05, 4.69) is 19.9 Å². The van der Waals surface area contributed by atoms with Gasteiger partial charge in [-0.3, -0.25) is 0 Å². The number of rotatable bonds is 2. The number of hydrogen-bond acceptors (Lipinski definition) is 4. The second kappa shape index (κ2) is 6.03. The number of anilines is 1. The van der Waals surface area contributed by atoms with E-state index in [9.17, 15) is 13.2 Å². The van der Waals surface area contributed by atoms with Crippen molar-refractivity contribution in [1.29, 1.82) is 0 Å². The van der Waals surface area contributed by atoms with Gasteiger partial charge in [0.15, 0.2) is 0 Å². The molecule has 1 atom stereocenters. The molecule has 5 nitrogen and oxygen atoms in total. The van der Waals surface area contributed by atoms with Gasteiger partial charge in [-0.2, -0.15) is 13.2 Å². The summed E-state index contributed by atoms with van der Waals surface area (Å²) < 4.78 is 43.9. The first-order valence-corrected chi connectivity index (χ1v) is 7.83. The number of ether oxygens (including phenoxy) is 1. The first-order valence-electron chi connectivity index (χ1n) is 7.83. The van der Waals surface area contributed by atoms with Crippen LogP contribution < -0.4 is 4.90 Å². The highest BCUT2D eigenvalue weighted by molar-refractivity contribution is 5.87. The molecule has 1 N–H and O–H groups in total. The van der Waals surface area contributed by atoms with Crippen molar-refractivity contribution in [2.24, 2.45) is 0 Å². The second-order valence-corrected chi connectivity index (χ2v) is 5.84. The molecule has 3 heterocycles. The van der Waals surface area contributed by atoms with Crippen LogP contribution in [0.15, 0.2) is 42.9 Å². The maximum atomic E-state index is 12.8. The fourth-order valence-corrected chi connectivity index (χ4v) is 3.12. The lowest BCUT2D eigenvalue weighted by Gasteiger charge is -2.37. The Kier molecular flexibility index (Phi) is 3.84. The molecular formula is C17H15F3N4O. The van der Waals surface area contributed by atoms with Gasteiger partial charge in [0.2, 0.25) is 0 Å². The van der Waals surface area contributed by atoms with Gasteiger partial charge in [0, 0.05) is 12.7 Å². The van der Waals surface area contributed by atoms with E-state index in [0.717, 1.165) is 34.5 Å². The fraction of sp³-hybridized carbons (Fsp3) is 0.294. The molecule has 8 heteroatoms. The van der Waals surface area contributed by atoms with Crippen molar-refractivity contribution in [2.75, 3.05) is 24.7 Å². The second-order valence-electron chi connectivity index (χ2n) is 5.84. The molecule has 0 radical (unpaired) electrons. The first kappa shape index (κ1) is 15.9. The number of nitrogens with one attached hydrogen (secondary N) is 1. The van der Waals surface area contributed by atoms with Crippen LogP contribution in [-0.4, -0.2) is 34.7 Å². The Balaban J connectivity index is 1.71. The van der Waals surface area contributed by atoms with Crippen LogP contribution >= 0.6 is 0 Å². The quantitative estimate of drug-likeness (QED) is 0.769. The summed E-state index contributed by atoms with van der Waals surface area (Å²) >= 11 is 0. The van der Waals surface area contributed by atoms with Crippen molar-refractivity contribution in [3.05, 3.63) is 54.0 Å². The van der Waals surface area contributed by atoms with Gasteiger partial charge in [0.25, 0.3) is 0 Å². The molecule has 1 aromatic carbocycles. The normalized spacial score (nSPS) is 18.7. The minimum Gasteiger partial charge on any atom is -0.377 e. The van der Waals surface area contributed by atoms with Crippen LogP contribution in [-0.2, 0) is 10.9 Å². The summed E-state index contributed by atoms with van der Waals surface area (Å²) in [5.41, 5.74) is 0.826. The molecule has 0 saturated carbocycles. The average Bonchev–Trinajstić information content (AvgIpc) is 3.10. The molecule has 1 aliphatic rings. The third-order valence-electron chi connectivity index (χ3n) is 4.36. The molecule has 0 amide bonds. The monoisotopic (exact) mass is 348 g/mol. The van der Waals surface area contributed by atoms with E-state index in [1.54, 1.807) is 6.20 Å². The Morgan fingerprint density at radius 1 is 1.12 bits per heavy atom. The Bertz CT molecular complexity index is 875. The standard InChI is InChI=1S/C17H15F3N4O/c18-17(19,20)12-3-1-11(2-4-12)14-9-25-8-7-24(14)16-13-5-6-21-15(13)22-10-23-16/h1-6,10,14H,7-9H2,(H,21,22,23)/t14-/m1/s1. The molecule has 1 aliphatic heterocycles. The highest BCUT2D eigenvalue weighted by atomic mass is 19.4. The van der Waals surface area contributed by atoms with Crippen LogP contribution in [0.25, 0.3) is 11.0 Å². The van der Waals surface area contributed by atoms with Gasteiger partial charge in [-0.25, -0.2) is 9.97 Å². The van der Waals surface area contributed by atoms with Gasteiger partial charge >= 0.3 is 6.18 Å². The van der Waals surface area contributed by atoms with E-state index >= 15 is 0 Å². The molecule has 0 unspecified atom stereocenters. The average molecular weight is 348 g/mol. The molecule has 3 aromatic rings. The number of benzene rings is 1. The summed E-state index contributed by atoms with van der Waals surface area (Å²) in [5.74, 6) is 0.749. The lowest BCUT2D eigenvalue weighted by atomic mass is 10.0. The topological polar surface area (TPSA) is 54.0 Å². The Morgan fingerprint density at radius 2 is 1.92 bits per heavy atom. The SMILES string of the molecule is FC(F)(F)c1ccc([C@H]2COCCN2c2ncnc3[nH]ccc23)cc1. The molecule has 4 rings (SSSR count). The van der Waals surface area contributed by atoms with E-state index in [1.165, 1.54) is 18.5 Å². The van der Waals surface area contributed by atoms with Gasteiger partial charge in [0.1, 0.15) is 17.8 Å². The Morgan fingerprint density at radius 3 is 2.68 bits per heavy atom. The number of morpholine rings is 1. The largest absolute Gasteiger partial charge is 0.416 e. The number of aromatic nitrogens is 3. The third kappa shape index (κ3) is 2.93. The molecule has 1 fully saturated rings. The molecule has 1 saturated heterocycles. The summed E-state index contributed by atoms with van der Waals surface area (Å²) in [7, 11) is 0. The van der Waals surface area contributed by atoms with Crippen molar-refractivity contribution in [2.45, 2.75) is 12.2 Å². The number of alkyl halides is 3. The molecule has 130 valence electrons. The van der Waals surface area contributed by atoms with Crippen molar-refractivity contribution in [1.82, 2.24) is 15.0 Å². The maximum absolute atomic E-state index is 12.8. The molecule has 0 spiro atoms. The number of hydrogen-bond donors (Lipinski definition) is 1. The zero-order valence-corrected chi connectivity index (χ0v) is 13.1. The summed E-state index contributed by atoms with van der Waals surface area (Å²) in [6.45, 7) is 1.53. The van der Waals surface area contributed by atoms with Crippen molar-refractivity contribution < 1.29 is 17.9 Å². The van der Waals surface area contributed by atoms with Crippen LogP contribution in [0.2, 0.25) is 0 Å². The zero-order valence-electron chi connectivity index (χ0n) is 13.1.